The number of hydrogen-bond acceptors (Lipinski definition) is 5. The van der Waals surface area contributed by atoms with Crippen LogP contribution >= 0.6 is 0 Å². The van der Waals surface area contributed by atoms with Crippen LogP contribution < -0.4 is 5.32 Å². The van der Waals surface area contributed by atoms with E-state index >= 15 is 0 Å². The van der Waals surface area contributed by atoms with Gasteiger partial charge in [0.25, 0.3) is 0 Å². The first-order valence-corrected chi connectivity index (χ1v) is 5.02. The molecule has 0 saturated heterocycles. The smallest absolute Gasteiger partial charge is 0.223 e. The van der Waals surface area contributed by atoms with Gasteiger partial charge in [0, 0.05) is 12.7 Å². The van der Waals surface area contributed by atoms with Crippen LogP contribution in [0, 0.1) is 11.3 Å². The van der Waals surface area contributed by atoms with Crippen LogP contribution in [0.1, 0.15) is 12.1 Å². The highest BCUT2D eigenvalue weighted by Gasteiger charge is 1.96. The molecule has 0 aliphatic rings. The minimum atomic E-state index is 0.352. The molecule has 0 spiro atoms. The van der Waals surface area contributed by atoms with Gasteiger partial charge in [-0.25, -0.2) is 9.97 Å². The molecule has 1 aromatic rings. The summed E-state index contributed by atoms with van der Waals surface area (Å²) in [7, 11) is 0. The summed E-state index contributed by atoms with van der Waals surface area (Å²) in [6.45, 7) is 5.46. The first-order chi connectivity index (χ1) is 7.86. The van der Waals surface area contributed by atoms with Gasteiger partial charge in [-0.2, -0.15) is 5.26 Å². The zero-order valence-corrected chi connectivity index (χ0v) is 9.02. The van der Waals surface area contributed by atoms with Crippen LogP contribution in [0.15, 0.2) is 24.9 Å². The van der Waals surface area contributed by atoms with E-state index in [-0.39, 0.29) is 0 Å². The lowest BCUT2D eigenvalue weighted by atomic mass is 10.4. The number of nitrogens with one attached hydrogen (secondary N) is 1. The summed E-state index contributed by atoms with van der Waals surface area (Å²) < 4.78 is 5.30. The second kappa shape index (κ2) is 7.37. The number of nitrogens with zero attached hydrogens (tertiary/aromatic N) is 3. The molecular formula is C11H14N4O. The molecule has 0 bridgehead atoms. The molecule has 0 unspecified atom stereocenters. The molecule has 5 heteroatoms. The van der Waals surface area contributed by atoms with Gasteiger partial charge in [-0.1, -0.05) is 6.08 Å². The van der Waals surface area contributed by atoms with Crippen LogP contribution in [0.2, 0.25) is 0 Å². The van der Waals surface area contributed by atoms with E-state index in [0.29, 0.717) is 31.4 Å². The number of nitriles is 1. The molecule has 0 aliphatic heterocycles. The van der Waals surface area contributed by atoms with E-state index in [2.05, 4.69) is 21.9 Å². The Hall–Kier alpha value is -1.93. The largest absolute Gasteiger partial charge is 0.379 e. The molecule has 1 heterocycles. The molecule has 84 valence electrons. The molecule has 16 heavy (non-hydrogen) atoms. The molecular weight excluding hydrogens is 204 g/mol. The van der Waals surface area contributed by atoms with Crippen molar-refractivity contribution in [2.45, 2.75) is 6.42 Å². The maximum absolute atomic E-state index is 8.63. The zero-order chi connectivity index (χ0) is 11.6. The van der Waals surface area contributed by atoms with Gasteiger partial charge in [0.05, 0.1) is 13.2 Å². The zero-order valence-electron chi connectivity index (χ0n) is 9.02. The fraction of sp³-hybridized carbons (Fsp3) is 0.364. The van der Waals surface area contributed by atoms with Gasteiger partial charge >= 0.3 is 0 Å². The lowest BCUT2D eigenvalue weighted by Crippen LogP contribution is -2.12. The summed E-state index contributed by atoms with van der Waals surface area (Å²) in [5.41, 5.74) is 0.352. The highest BCUT2D eigenvalue weighted by Crippen LogP contribution is 1.98. The number of rotatable bonds is 7. The van der Waals surface area contributed by atoms with Crippen molar-refractivity contribution in [3.8, 4) is 6.07 Å². The lowest BCUT2D eigenvalue weighted by Gasteiger charge is -2.04. The third kappa shape index (κ3) is 4.53. The molecule has 5 nitrogen and oxygen atoms in total. The standard InChI is InChI=1S/C11H14N4O/c1-2-3-7-16-8-6-14-11-13-5-4-10(9-12)15-11/h2,4-5H,1,3,6-8H2,(H,13,14,15). The fourth-order valence-electron chi connectivity index (χ4n) is 1.01. The van der Waals surface area contributed by atoms with E-state index in [4.69, 9.17) is 10.00 Å². The minimum absolute atomic E-state index is 0.352. The summed E-state index contributed by atoms with van der Waals surface area (Å²) in [4.78, 5) is 7.95. The van der Waals surface area contributed by atoms with Gasteiger partial charge < -0.3 is 10.1 Å². The molecule has 0 atom stereocenters. The van der Waals surface area contributed by atoms with Crippen LogP contribution in [0.25, 0.3) is 0 Å². The van der Waals surface area contributed by atoms with Gasteiger partial charge in [-0.3, -0.25) is 0 Å². The summed E-state index contributed by atoms with van der Waals surface area (Å²) in [5.74, 6) is 0.450. The van der Waals surface area contributed by atoms with Crippen molar-refractivity contribution in [3.63, 3.8) is 0 Å². The monoisotopic (exact) mass is 218 g/mol. The van der Waals surface area contributed by atoms with Crippen LogP contribution in [-0.2, 0) is 4.74 Å². The van der Waals surface area contributed by atoms with E-state index < -0.39 is 0 Å². The van der Waals surface area contributed by atoms with Crippen molar-refractivity contribution in [2.75, 3.05) is 25.1 Å². The summed E-state index contributed by atoms with van der Waals surface area (Å²) in [6, 6.07) is 3.51. The van der Waals surface area contributed by atoms with Gasteiger partial charge in [0.15, 0.2) is 0 Å². The number of anilines is 1. The maximum atomic E-state index is 8.63. The van der Waals surface area contributed by atoms with Crippen LogP contribution in [0.5, 0.6) is 0 Å². The highest BCUT2D eigenvalue weighted by molar-refractivity contribution is 5.29. The van der Waals surface area contributed by atoms with Crippen molar-refractivity contribution in [2.24, 2.45) is 0 Å². The van der Waals surface area contributed by atoms with E-state index in [0.717, 1.165) is 6.42 Å². The van der Waals surface area contributed by atoms with Crippen molar-refractivity contribution in [1.82, 2.24) is 9.97 Å². The Morgan fingerprint density at radius 2 is 2.44 bits per heavy atom. The Morgan fingerprint density at radius 1 is 1.56 bits per heavy atom. The maximum Gasteiger partial charge on any atom is 0.223 e. The van der Waals surface area contributed by atoms with Gasteiger partial charge in [0.1, 0.15) is 11.8 Å². The van der Waals surface area contributed by atoms with E-state index in [9.17, 15) is 0 Å². The summed E-state index contributed by atoms with van der Waals surface area (Å²) in [5, 5.41) is 11.6. The summed E-state index contributed by atoms with van der Waals surface area (Å²) >= 11 is 0. The van der Waals surface area contributed by atoms with Crippen molar-refractivity contribution in [1.29, 1.82) is 5.26 Å². The SMILES string of the molecule is C=CCCOCCNc1nccc(C#N)n1. The normalized spacial score (nSPS) is 9.44. The molecule has 0 saturated carbocycles. The van der Waals surface area contributed by atoms with Crippen molar-refractivity contribution < 1.29 is 4.74 Å². The predicted molar refractivity (Wildman–Crippen MR) is 60.9 cm³/mol. The molecule has 0 amide bonds. The third-order valence-corrected chi connectivity index (χ3v) is 1.77. The van der Waals surface area contributed by atoms with Crippen LogP contribution in [0.3, 0.4) is 0 Å². The van der Waals surface area contributed by atoms with Crippen molar-refractivity contribution in [3.05, 3.63) is 30.6 Å². The van der Waals surface area contributed by atoms with Gasteiger partial charge in [0.2, 0.25) is 5.95 Å². The second-order valence-electron chi connectivity index (χ2n) is 2.99. The molecule has 0 aliphatic carbocycles. The molecule has 0 radical (unpaired) electrons. The van der Waals surface area contributed by atoms with Crippen molar-refractivity contribution >= 4 is 5.95 Å². The Labute approximate surface area is 94.8 Å². The minimum Gasteiger partial charge on any atom is -0.379 e. The van der Waals surface area contributed by atoms with Gasteiger partial charge in [-0.05, 0) is 12.5 Å². The number of hydrogen-bond donors (Lipinski definition) is 1. The van der Waals surface area contributed by atoms with E-state index in [1.54, 1.807) is 12.3 Å². The highest BCUT2D eigenvalue weighted by atomic mass is 16.5. The fourth-order valence-corrected chi connectivity index (χ4v) is 1.01. The first kappa shape index (κ1) is 12.1. The molecule has 1 aromatic heterocycles. The van der Waals surface area contributed by atoms with Gasteiger partial charge in [-0.15, -0.1) is 6.58 Å². The molecule has 0 aromatic carbocycles. The Kier molecular flexibility index (Phi) is 5.59. The topological polar surface area (TPSA) is 70.8 Å². The van der Waals surface area contributed by atoms with Crippen LogP contribution in [-0.4, -0.2) is 29.7 Å². The predicted octanol–water partition coefficient (Wildman–Crippen LogP) is 1.35. The Balaban J connectivity index is 2.21. The van der Waals surface area contributed by atoms with E-state index in [1.165, 1.54) is 0 Å². The Morgan fingerprint density at radius 3 is 3.19 bits per heavy atom. The Bertz CT molecular complexity index is 372. The average molecular weight is 218 g/mol. The average Bonchev–Trinajstić information content (AvgIpc) is 2.34. The number of ether oxygens (including phenoxy) is 1. The summed E-state index contributed by atoms with van der Waals surface area (Å²) in [6.07, 6.45) is 4.21. The lowest BCUT2D eigenvalue weighted by molar-refractivity contribution is 0.149. The molecule has 0 fully saturated rings. The second-order valence-corrected chi connectivity index (χ2v) is 2.99. The molecule has 1 rings (SSSR count). The number of aromatic nitrogens is 2. The van der Waals surface area contributed by atoms with E-state index in [1.807, 2.05) is 12.1 Å². The quantitative estimate of drug-likeness (QED) is 0.552. The molecule has 1 N–H and O–H groups in total. The van der Waals surface area contributed by atoms with Crippen LogP contribution in [0.4, 0.5) is 5.95 Å². The first-order valence-electron chi connectivity index (χ1n) is 5.02. The third-order valence-electron chi connectivity index (χ3n) is 1.77.